The molecule has 26 heavy (non-hydrogen) atoms. The minimum absolute atomic E-state index is 0.196. The zero-order valence-electron chi connectivity index (χ0n) is 14.2. The van der Waals surface area contributed by atoms with E-state index in [0.29, 0.717) is 27.7 Å². The van der Waals surface area contributed by atoms with E-state index in [1.54, 1.807) is 18.4 Å². The lowest BCUT2D eigenvalue weighted by molar-refractivity contribution is 0.309. The zero-order valence-corrected chi connectivity index (χ0v) is 15.0. The predicted molar refractivity (Wildman–Crippen MR) is 100 cm³/mol. The van der Waals surface area contributed by atoms with Crippen LogP contribution in [-0.2, 0) is 0 Å². The fraction of sp³-hybridized carbons (Fsp3) is 0.211. The summed E-state index contributed by atoms with van der Waals surface area (Å²) in [7, 11) is 0. The summed E-state index contributed by atoms with van der Waals surface area (Å²) < 4.78 is 13.0. The van der Waals surface area contributed by atoms with Crippen LogP contribution in [0.1, 0.15) is 25.3 Å². The van der Waals surface area contributed by atoms with Crippen molar-refractivity contribution in [1.29, 1.82) is 0 Å². The summed E-state index contributed by atoms with van der Waals surface area (Å²) in [5.41, 5.74) is 0.676. The van der Waals surface area contributed by atoms with Crippen LogP contribution in [0.5, 0.6) is 5.75 Å². The minimum Gasteiger partial charge on any atom is -0.493 e. The molecule has 3 heterocycles. The maximum Gasteiger partial charge on any atom is 0.291 e. The van der Waals surface area contributed by atoms with Crippen LogP contribution in [0.4, 0.5) is 0 Å². The van der Waals surface area contributed by atoms with E-state index in [9.17, 15) is 4.79 Å². The summed E-state index contributed by atoms with van der Waals surface area (Å²) in [6, 6.07) is 11.2. The number of hydrogen-bond donors (Lipinski definition) is 0. The van der Waals surface area contributed by atoms with Crippen LogP contribution >= 0.6 is 11.3 Å². The van der Waals surface area contributed by atoms with Gasteiger partial charge < -0.3 is 9.15 Å². The van der Waals surface area contributed by atoms with Crippen molar-refractivity contribution in [2.75, 3.05) is 6.61 Å². The molecule has 0 aliphatic heterocycles. The summed E-state index contributed by atoms with van der Waals surface area (Å²) in [6.07, 6.45) is 5.45. The quantitative estimate of drug-likeness (QED) is 0.490. The Balaban J connectivity index is 1.72. The second kappa shape index (κ2) is 7.13. The summed E-state index contributed by atoms with van der Waals surface area (Å²) >= 11 is 1.30. The Kier molecular flexibility index (Phi) is 4.53. The van der Waals surface area contributed by atoms with E-state index in [2.05, 4.69) is 17.0 Å². The maximum atomic E-state index is 12.7. The summed E-state index contributed by atoms with van der Waals surface area (Å²) in [5.74, 6) is 1.73. The van der Waals surface area contributed by atoms with Gasteiger partial charge in [0.25, 0.3) is 5.56 Å². The van der Waals surface area contributed by atoms with Gasteiger partial charge in [0.15, 0.2) is 5.76 Å². The second-order valence-electron chi connectivity index (χ2n) is 5.76. The van der Waals surface area contributed by atoms with Crippen LogP contribution in [0, 0.1) is 0 Å². The van der Waals surface area contributed by atoms with E-state index in [4.69, 9.17) is 9.15 Å². The summed E-state index contributed by atoms with van der Waals surface area (Å²) in [5, 5.41) is 4.26. The zero-order chi connectivity index (χ0) is 17.9. The molecule has 0 N–H and O–H groups in total. The van der Waals surface area contributed by atoms with Crippen molar-refractivity contribution in [2.45, 2.75) is 19.8 Å². The van der Waals surface area contributed by atoms with E-state index >= 15 is 0 Å². The summed E-state index contributed by atoms with van der Waals surface area (Å²) in [4.78, 5) is 17.6. The number of thiazole rings is 1. The molecule has 7 heteroatoms. The molecule has 0 saturated heterocycles. The van der Waals surface area contributed by atoms with Gasteiger partial charge in [-0.3, -0.25) is 4.79 Å². The van der Waals surface area contributed by atoms with Crippen molar-refractivity contribution in [3.05, 3.63) is 63.1 Å². The molecule has 4 aromatic rings. The Morgan fingerprint density at radius 3 is 2.92 bits per heavy atom. The van der Waals surface area contributed by atoms with E-state index in [0.717, 1.165) is 24.2 Å². The first-order valence-corrected chi connectivity index (χ1v) is 9.25. The standard InChI is InChI=1S/C19H17N3O3S/c1-2-3-10-24-14-8-5-4-7-13(14)12-16-18(23)22-19(26-16)20-17(21-22)15-9-6-11-25-15/h4-9,11-12H,2-3,10H2,1H3. The number of benzene rings is 1. The number of rotatable bonds is 6. The molecule has 0 atom stereocenters. The average molecular weight is 367 g/mol. The third kappa shape index (κ3) is 3.13. The van der Waals surface area contributed by atoms with Crippen molar-refractivity contribution < 1.29 is 9.15 Å². The van der Waals surface area contributed by atoms with Gasteiger partial charge in [0.1, 0.15) is 5.75 Å². The first-order valence-electron chi connectivity index (χ1n) is 8.43. The van der Waals surface area contributed by atoms with Gasteiger partial charge in [-0.05, 0) is 30.7 Å². The molecule has 1 aromatic carbocycles. The van der Waals surface area contributed by atoms with Crippen molar-refractivity contribution in [1.82, 2.24) is 14.6 Å². The van der Waals surface area contributed by atoms with Crippen molar-refractivity contribution in [3.63, 3.8) is 0 Å². The molecule has 0 aliphatic carbocycles. The van der Waals surface area contributed by atoms with Gasteiger partial charge in [-0.15, -0.1) is 5.10 Å². The largest absolute Gasteiger partial charge is 0.493 e. The predicted octanol–water partition coefficient (Wildman–Crippen LogP) is 3.14. The Labute approximate surface area is 153 Å². The number of unbranched alkanes of at least 4 members (excludes halogenated alkanes) is 1. The van der Waals surface area contributed by atoms with Crippen LogP contribution in [0.3, 0.4) is 0 Å². The SMILES string of the molecule is CCCCOc1ccccc1C=c1sc2nc(-c3ccco3)nn2c1=O. The highest BCUT2D eigenvalue weighted by Gasteiger charge is 2.13. The van der Waals surface area contributed by atoms with E-state index in [1.807, 2.05) is 30.3 Å². The van der Waals surface area contributed by atoms with E-state index < -0.39 is 0 Å². The minimum atomic E-state index is -0.196. The number of para-hydroxylation sites is 1. The first-order chi connectivity index (χ1) is 12.8. The van der Waals surface area contributed by atoms with Gasteiger partial charge in [0.2, 0.25) is 10.8 Å². The van der Waals surface area contributed by atoms with Gasteiger partial charge in [-0.1, -0.05) is 42.9 Å². The Morgan fingerprint density at radius 1 is 1.27 bits per heavy atom. The third-order valence-electron chi connectivity index (χ3n) is 3.88. The van der Waals surface area contributed by atoms with E-state index in [1.165, 1.54) is 15.9 Å². The molecule has 0 saturated carbocycles. The number of fused-ring (bicyclic) bond motifs is 1. The molecule has 132 valence electrons. The third-order valence-corrected chi connectivity index (χ3v) is 4.84. The molecule has 4 rings (SSSR count). The number of aromatic nitrogens is 3. The van der Waals surface area contributed by atoms with Crippen molar-refractivity contribution in [3.8, 4) is 17.3 Å². The maximum absolute atomic E-state index is 12.7. The van der Waals surface area contributed by atoms with Gasteiger partial charge >= 0.3 is 0 Å². The molecular weight excluding hydrogens is 350 g/mol. The molecule has 0 spiro atoms. The summed E-state index contributed by atoms with van der Waals surface area (Å²) in [6.45, 7) is 2.78. The highest BCUT2D eigenvalue weighted by Crippen LogP contribution is 2.20. The lowest BCUT2D eigenvalue weighted by atomic mass is 10.2. The molecule has 0 aliphatic rings. The average Bonchev–Trinajstić information content (AvgIpc) is 3.36. The van der Waals surface area contributed by atoms with Crippen molar-refractivity contribution in [2.24, 2.45) is 0 Å². The second-order valence-corrected chi connectivity index (χ2v) is 6.77. The van der Waals surface area contributed by atoms with Gasteiger partial charge in [0, 0.05) is 5.56 Å². The molecule has 6 nitrogen and oxygen atoms in total. The monoisotopic (exact) mass is 367 g/mol. The van der Waals surface area contributed by atoms with Crippen molar-refractivity contribution >= 4 is 22.4 Å². The molecule has 0 fully saturated rings. The highest BCUT2D eigenvalue weighted by atomic mass is 32.1. The van der Waals surface area contributed by atoms with Crippen LogP contribution in [-0.4, -0.2) is 21.2 Å². The van der Waals surface area contributed by atoms with Crippen LogP contribution < -0.4 is 14.8 Å². The molecule has 3 aromatic heterocycles. The lowest BCUT2D eigenvalue weighted by Gasteiger charge is -2.07. The number of furan rings is 1. The number of hydrogen-bond acceptors (Lipinski definition) is 6. The van der Waals surface area contributed by atoms with E-state index in [-0.39, 0.29) is 5.56 Å². The molecule has 0 bridgehead atoms. The van der Waals surface area contributed by atoms with Gasteiger partial charge in [0.05, 0.1) is 17.4 Å². The molecule has 0 radical (unpaired) electrons. The fourth-order valence-corrected chi connectivity index (χ4v) is 3.44. The Morgan fingerprint density at radius 2 is 2.15 bits per heavy atom. The first kappa shape index (κ1) is 16.5. The lowest BCUT2D eigenvalue weighted by Crippen LogP contribution is -2.23. The topological polar surface area (TPSA) is 69.6 Å². The molecular formula is C19H17N3O3S. The number of nitrogens with zero attached hydrogens (tertiary/aromatic N) is 3. The highest BCUT2D eigenvalue weighted by molar-refractivity contribution is 7.15. The van der Waals surface area contributed by atoms with Gasteiger partial charge in [-0.25, -0.2) is 0 Å². The number of ether oxygens (including phenoxy) is 1. The van der Waals surface area contributed by atoms with Crippen LogP contribution in [0.25, 0.3) is 22.6 Å². The molecule has 0 unspecified atom stereocenters. The fourth-order valence-electron chi connectivity index (χ4n) is 2.54. The Hall–Kier alpha value is -2.93. The smallest absolute Gasteiger partial charge is 0.291 e. The van der Waals surface area contributed by atoms with Crippen LogP contribution in [0.2, 0.25) is 0 Å². The molecule has 0 amide bonds. The van der Waals surface area contributed by atoms with Gasteiger partial charge in [-0.2, -0.15) is 9.50 Å². The Bertz CT molecular complexity index is 1130. The van der Waals surface area contributed by atoms with Crippen LogP contribution in [0.15, 0.2) is 51.9 Å². The normalized spacial score (nSPS) is 12.1.